The predicted octanol–water partition coefficient (Wildman–Crippen LogP) is 3.66. The number of sulfonamides is 1. The van der Waals surface area contributed by atoms with E-state index in [0.717, 1.165) is 0 Å². The molecule has 3 rings (SSSR count). The van der Waals surface area contributed by atoms with E-state index in [1.54, 1.807) is 12.1 Å². The number of nitrogens with one attached hydrogen (secondary N) is 1. The number of halogens is 1. The first-order valence-corrected chi connectivity index (χ1v) is 11.3. The molecule has 5 nitrogen and oxygen atoms in total. The fraction of sp³-hybridized carbons (Fsp3) is 0.381. The van der Waals surface area contributed by atoms with Gasteiger partial charge in [0, 0.05) is 30.6 Å². The van der Waals surface area contributed by atoms with Crippen LogP contribution in [0, 0.1) is 5.92 Å². The molecule has 1 aliphatic heterocycles. The van der Waals surface area contributed by atoms with E-state index in [1.807, 2.05) is 18.2 Å². The summed E-state index contributed by atoms with van der Waals surface area (Å²) in [4.78, 5) is 12.7. The smallest absolute Gasteiger partial charge is 0.243 e. The highest BCUT2D eigenvalue weighted by atomic mass is 35.5. The minimum atomic E-state index is -3.55. The maximum absolute atomic E-state index is 12.7. The van der Waals surface area contributed by atoms with Crippen molar-refractivity contribution in [1.29, 1.82) is 0 Å². The average molecular weight is 421 g/mol. The lowest BCUT2D eigenvalue weighted by Gasteiger charge is -2.30. The summed E-state index contributed by atoms with van der Waals surface area (Å²) < 4.78 is 26.9. The van der Waals surface area contributed by atoms with Crippen LogP contribution in [0.4, 0.5) is 0 Å². The third-order valence-electron chi connectivity index (χ3n) is 5.23. The molecule has 7 heteroatoms. The standard InChI is InChI=1S/C21H25ClN2O3S/c1-16(17-5-3-2-4-6-17)15-23-21(25)18-11-13-24(14-12-18)28(26,27)20-9-7-19(22)8-10-20/h2-10,16,18H,11-15H2,1H3,(H,23,25)/t16-/m0/s1. The number of carbonyl (C=O) groups excluding carboxylic acids is 1. The Balaban J connectivity index is 1.52. The molecule has 1 aliphatic rings. The van der Waals surface area contributed by atoms with Crippen molar-refractivity contribution in [2.45, 2.75) is 30.6 Å². The predicted molar refractivity (Wildman–Crippen MR) is 111 cm³/mol. The summed E-state index contributed by atoms with van der Waals surface area (Å²) in [6.45, 7) is 3.34. The van der Waals surface area contributed by atoms with Crippen LogP contribution in [-0.2, 0) is 14.8 Å². The summed E-state index contributed by atoms with van der Waals surface area (Å²) in [5.41, 5.74) is 1.19. The Labute approximate surface area is 171 Å². The minimum absolute atomic E-state index is 0.00585. The maximum atomic E-state index is 12.7. The summed E-state index contributed by atoms with van der Waals surface area (Å²) in [7, 11) is -3.55. The number of amides is 1. The third-order valence-corrected chi connectivity index (χ3v) is 7.39. The van der Waals surface area contributed by atoms with Crippen LogP contribution < -0.4 is 5.32 Å². The summed E-state index contributed by atoms with van der Waals surface area (Å²) in [5.74, 6) is 0.0847. The molecule has 0 aromatic heterocycles. The van der Waals surface area contributed by atoms with Crippen molar-refractivity contribution in [2.24, 2.45) is 5.92 Å². The number of hydrogen-bond acceptors (Lipinski definition) is 3. The third kappa shape index (κ3) is 4.93. The van der Waals surface area contributed by atoms with Gasteiger partial charge in [0.25, 0.3) is 0 Å². The lowest BCUT2D eigenvalue weighted by Crippen LogP contribution is -2.43. The van der Waals surface area contributed by atoms with E-state index in [0.29, 0.717) is 37.5 Å². The van der Waals surface area contributed by atoms with Crippen LogP contribution in [0.1, 0.15) is 31.2 Å². The molecule has 0 radical (unpaired) electrons. The number of hydrogen-bond donors (Lipinski definition) is 1. The van der Waals surface area contributed by atoms with Crippen LogP contribution in [0.2, 0.25) is 5.02 Å². The molecule has 0 aliphatic carbocycles. The van der Waals surface area contributed by atoms with Crippen molar-refractivity contribution in [1.82, 2.24) is 9.62 Å². The first-order valence-electron chi connectivity index (χ1n) is 9.46. The number of piperidine rings is 1. The zero-order chi connectivity index (χ0) is 20.1. The molecule has 1 saturated heterocycles. The fourth-order valence-electron chi connectivity index (χ4n) is 3.41. The summed E-state index contributed by atoms with van der Waals surface area (Å²) >= 11 is 5.84. The van der Waals surface area contributed by atoms with Crippen LogP contribution in [-0.4, -0.2) is 38.3 Å². The van der Waals surface area contributed by atoms with Crippen LogP contribution >= 0.6 is 11.6 Å². The quantitative estimate of drug-likeness (QED) is 0.775. The van der Waals surface area contributed by atoms with Gasteiger partial charge >= 0.3 is 0 Å². The van der Waals surface area contributed by atoms with Gasteiger partial charge in [-0.25, -0.2) is 8.42 Å². The second-order valence-corrected chi connectivity index (χ2v) is 9.56. The van der Waals surface area contributed by atoms with Gasteiger partial charge in [-0.15, -0.1) is 0 Å². The molecule has 150 valence electrons. The van der Waals surface area contributed by atoms with Gasteiger partial charge in [-0.3, -0.25) is 4.79 Å². The van der Waals surface area contributed by atoms with Crippen molar-refractivity contribution < 1.29 is 13.2 Å². The molecule has 0 spiro atoms. The molecule has 1 atom stereocenters. The number of rotatable bonds is 6. The van der Waals surface area contributed by atoms with E-state index in [9.17, 15) is 13.2 Å². The second kappa shape index (κ2) is 9.07. The summed E-state index contributed by atoms with van der Waals surface area (Å²) in [5, 5.41) is 3.52. The first-order chi connectivity index (χ1) is 13.4. The maximum Gasteiger partial charge on any atom is 0.243 e. The molecule has 28 heavy (non-hydrogen) atoms. The molecule has 2 aromatic rings. The van der Waals surface area contributed by atoms with Crippen LogP contribution in [0.15, 0.2) is 59.5 Å². The van der Waals surface area contributed by atoms with Crippen LogP contribution in [0.25, 0.3) is 0 Å². The lowest BCUT2D eigenvalue weighted by atomic mass is 9.96. The largest absolute Gasteiger partial charge is 0.355 e. The van der Waals surface area contributed by atoms with Crippen molar-refractivity contribution in [3.8, 4) is 0 Å². The van der Waals surface area contributed by atoms with Crippen molar-refractivity contribution in [3.05, 3.63) is 65.2 Å². The van der Waals surface area contributed by atoms with E-state index < -0.39 is 10.0 Å². The van der Waals surface area contributed by atoms with Gasteiger partial charge in [-0.2, -0.15) is 4.31 Å². The van der Waals surface area contributed by atoms with E-state index in [4.69, 9.17) is 11.6 Å². The van der Waals surface area contributed by atoms with Gasteiger partial charge in [0.15, 0.2) is 0 Å². The Kier molecular flexibility index (Phi) is 6.75. The minimum Gasteiger partial charge on any atom is -0.355 e. The molecule has 1 fully saturated rings. The van der Waals surface area contributed by atoms with E-state index in [1.165, 1.54) is 22.0 Å². The molecular formula is C21H25ClN2O3S. The zero-order valence-corrected chi connectivity index (χ0v) is 17.4. The van der Waals surface area contributed by atoms with Gasteiger partial charge in [0.05, 0.1) is 4.90 Å². The highest BCUT2D eigenvalue weighted by Crippen LogP contribution is 2.25. The van der Waals surface area contributed by atoms with Gasteiger partial charge in [-0.1, -0.05) is 48.9 Å². The Morgan fingerprint density at radius 3 is 2.32 bits per heavy atom. The SMILES string of the molecule is C[C@@H](CNC(=O)C1CCN(S(=O)(=O)c2ccc(Cl)cc2)CC1)c1ccccc1. The van der Waals surface area contributed by atoms with E-state index >= 15 is 0 Å². The highest BCUT2D eigenvalue weighted by molar-refractivity contribution is 7.89. The van der Waals surface area contributed by atoms with Gasteiger partial charge in [0.2, 0.25) is 15.9 Å². The molecule has 0 unspecified atom stereocenters. The van der Waals surface area contributed by atoms with Gasteiger partial charge < -0.3 is 5.32 Å². The number of nitrogens with zero attached hydrogens (tertiary/aromatic N) is 1. The van der Waals surface area contributed by atoms with E-state index in [2.05, 4.69) is 24.4 Å². The lowest BCUT2D eigenvalue weighted by molar-refractivity contribution is -0.126. The summed E-state index contributed by atoms with van der Waals surface area (Å²) in [6.07, 6.45) is 1.05. The van der Waals surface area contributed by atoms with Gasteiger partial charge in [0.1, 0.15) is 0 Å². The second-order valence-electron chi connectivity index (χ2n) is 7.19. The van der Waals surface area contributed by atoms with Crippen molar-refractivity contribution >= 4 is 27.5 Å². The highest BCUT2D eigenvalue weighted by Gasteiger charge is 2.32. The Bertz CT molecular complexity index is 893. The topological polar surface area (TPSA) is 66.5 Å². The monoisotopic (exact) mass is 420 g/mol. The van der Waals surface area contributed by atoms with Crippen LogP contribution in [0.3, 0.4) is 0 Å². The van der Waals surface area contributed by atoms with Crippen molar-refractivity contribution in [2.75, 3.05) is 19.6 Å². The zero-order valence-electron chi connectivity index (χ0n) is 15.8. The van der Waals surface area contributed by atoms with Crippen molar-refractivity contribution in [3.63, 3.8) is 0 Å². The van der Waals surface area contributed by atoms with Gasteiger partial charge in [-0.05, 0) is 48.6 Å². The fourth-order valence-corrected chi connectivity index (χ4v) is 5.01. The number of benzene rings is 2. The number of carbonyl (C=O) groups is 1. The molecule has 1 amide bonds. The molecule has 1 N–H and O–H groups in total. The average Bonchev–Trinajstić information content (AvgIpc) is 2.73. The molecule has 0 saturated carbocycles. The Morgan fingerprint density at radius 1 is 1.11 bits per heavy atom. The summed E-state index contributed by atoms with van der Waals surface area (Å²) in [6, 6.07) is 16.2. The molecular weight excluding hydrogens is 396 g/mol. The molecule has 1 heterocycles. The Morgan fingerprint density at radius 2 is 1.71 bits per heavy atom. The molecule has 2 aromatic carbocycles. The van der Waals surface area contributed by atoms with E-state index in [-0.39, 0.29) is 22.6 Å². The first kappa shape index (κ1) is 20.8. The Hall–Kier alpha value is -1.89. The normalized spacial score (nSPS) is 17.2. The van der Waals surface area contributed by atoms with Crippen LogP contribution in [0.5, 0.6) is 0 Å². The molecule has 0 bridgehead atoms.